The molecule has 1 aliphatic heterocycles. The molecule has 0 radical (unpaired) electrons. The van der Waals surface area contributed by atoms with Crippen LogP contribution in [-0.2, 0) is 4.74 Å². The van der Waals surface area contributed by atoms with E-state index in [9.17, 15) is 0 Å². The molecule has 0 spiro atoms. The molecular weight excluding hydrogens is 226 g/mol. The zero-order valence-electron chi connectivity index (χ0n) is 12.8. The van der Waals surface area contributed by atoms with Crippen molar-refractivity contribution in [3.05, 3.63) is 0 Å². The van der Waals surface area contributed by atoms with E-state index in [-0.39, 0.29) is 0 Å². The maximum atomic E-state index is 5.37. The Balaban J connectivity index is 2.37. The van der Waals surface area contributed by atoms with Gasteiger partial charge < -0.3 is 15.0 Å². The third-order valence-corrected chi connectivity index (χ3v) is 3.73. The van der Waals surface area contributed by atoms with Gasteiger partial charge in [0.05, 0.1) is 6.61 Å². The molecule has 1 fully saturated rings. The van der Waals surface area contributed by atoms with Gasteiger partial charge >= 0.3 is 0 Å². The topological polar surface area (TPSA) is 27.7 Å². The molecule has 0 aliphatic carbocycles. The molecule has 4 nitrogen and oxygen atoms in total. The molecule has 0 aromatic rings. The summed E-state index contributed by atoms with van der Waals surface area (Å²) in [6.07, 6.45) is 1.28. The number of nitrogens with zero attached hydrogens (tertiary/aromatic N) is 2. The summed E-state index contributed by atoms with van der Waals surface area (Å²) in [6, 6.07) is 1.22. The maximum absolute atomic E-state index is 5.37. The van der Waals surface area contributed by atoms with Crippen molar-refractivity contribution in [3.8, 4) is 0 Å². The maximum Gasteiger partial charge on any atom is 0.0630 e. The molecule has 0 amide bonds. The summed E-state index contributed by atoms with van der Waals surface area (Å²) in [5.74, 6) is 0.710. The first-order valence-electron chi connectivity index (χ1n) is 7.14. The van der Waals surface area contributed by atoms with E-state index in [0.717, 1.165) is 19.7 Å². The Morgan fingerprint density at radius 2 is 2.06 bits per heavy atom. The van der Waals surface area contributed by atoms with E-state index in [4.69, 9.17) is 4.74 Å². The molecule has 1 aliphatic rings. The second-order valence-corrected chi connectivity index (χ2v) is 6.06. The number of rotatable bonds is 8. The first-order chi connectivity index (χ1) is 8.54. The Morgan fingerprint density at radius 3 is 2.56 bits per heavy atom. The van der Waals surface area contributed by atoms with Crippen LogP contribution in [0.25, 0.3) is 0 Å². The minimum Gasteiger partial charge on any atom is -0.383 e. The number of hydrogen-bond acceptors (Lipinski definition) is 4. The minimum absolute atomic E-state index is 0.513. The van der Waals surface area contributed by atoms with E-state index < -0.39 is 0 Å². The van der Waals surface area contributed by atoms with Crippen LogP contribution in [0.1, 0.15) is 20.3 Å². The van der Waals surface area contributed by atoms with Crippen molar-refractivity contribution in [2.75, 3.05) is 54.0 Å². The van der Waals surface area contributed by atoms with E-state index >= 15 is 0 Å². The van der Waals surface area contributed by atoms with Gasteiger partial charge in [0.15, 0.2) is 0 Å². The number of likely N-dealkylation sites (N-methyl/N-ethyl adjacent to an activating group) is 1. The van der Waals surface area contributed by atoms with Gasteiger partial charge in [-0.15, -0.1) is 0 Å². The largest absolute Gasteiger partial charge is 0.383 e. The number of methoxy groups -OCH3 is 1. The molecule has 4 heteroatoms. The lowest BCUT2D eigenvalue weighted by Crippen LogP contribution is -2.45. The van der Waals surface area contributed by atoms with Gasteiger partial charge in [0.25, 0.3) is 0 Å². The number of likely N-dealkylation sites (tertiary alicyclic amines) is 1. The molecule has 1 N–H and O–H groups in total. The summed E-state index contributed by atoms with van der Waals surface area (Å²) in [7, 11) is 6.15. The highest BCUT2D eigenvalue weighted by molar-refractivity contribution is 4.86. The standard InChI is InChI=1S/C14H31N3O/c1-12(2)8-15-9-14(11-18-5)17-7-6-13(10-17)16(3)4/h12-15H,6-11H2,1-5H3. The van der Waals surface area contributed by atoms with E-state index in [0.29, 0.717) is 18.0 Å². The van der Waals surface area contributed by atoms with Crippen LogP contribution in [-0.4, -0.2) is 75.9 Å². The molecule has 108 valence electrons. The minimum atomic E-state index is 0.513. The lowest BCUT2D eigenvalue weighted by atomic mass is 10.2. The van der Waals surface area contributed by atoms with Crippen molar-refractivity contribution < 1.29 is 4.74 Å². The lowest BCUT2D eigenvalue weighted by molar-refractivity contribution is 0.0994. The Morgan fingerprint density at radius 1 is 1.33 bits per heavy atom. The second kappa shape index (κ2) is 8.10. The summed E-state index contributed by atoms with van der Waals surface area (Å²) >= 11 is 0. The van der Waals surface area contributed by atoms with Crippen LogP contribution < -0.4 is 5.32 Å². The monoisotopic (exact) mass is 257 g/mol. The van der Waals surface area contributed by atoms with Crippen LogP contribution in [0.3, 0.4) is 0 Å². The molecule has 0 aromatic heterocycles. The Hall–Kier alpha value is -0.160. The van der Waals surface area contributed by atoms with Gasteiger partial charge in [0, 0.05) is 38.8 Å². The van der Waals surface area contributed by atoms with Crippen molar-refractivity contribution in [2.24, 2.45) is 5.92 Å². The van der Waals surface area contributed by atoms with Crippen LogP contribution in [0.4, 0.5) is 0 Å². The predicted molar refractivity (Wildman–Crippen MR) is 77.0 cm³/mol. The quantitative estimate of drug-likeness (QED) is 0.699. The molecule has 1 saturated heterocycles. The van der Waals surface area contributed by atoms with E-state index in [1.807, 2.05) is 0 Å². The highest BCUT2D eigenvalue weighted by Gasteiger charge is 2.28. The van der Waals surface area contributed by atoms with E-state index in [1.165, 1.54) is 19.5 Å². The molecule has 18 heavy (non-hydrogen) atoms. The molecular formula is C14H31N3O. The van der Waals surface area contributed by atoms with Gasteiger partial charge in [-0.25, -0.2) is 0 Å². The zero-order chi connectivity index (χ0) is 13.5. The van der Waals surface area contributed by atoms with Gasteiger partial charge in [-0.3, -0.25) is 4.90 Å². The highest BCUT2D eigenvalue weighted by atomic mass is 16.5. The first-order valence-corrected chi connectivity index (χ1v) is 7.14. The van der Waals surface area contributed by atoms with Crippen molar-refractivity contribution in [1.82, 2.24) is 15.1 Å². The fraction of sp³-hybridized carbons (Fsp3) is 1.00. The van der Waals surface area contributed by atoms with E-state index in [2.05, 4.69) is 43.1 Å². The summed E-state index contributed by atoms with van der Waals surface area (Å²) in [5, 5.41) is 3.56. The smallest absolute Gasteiger partial charge is 0.0630 e. The van der Waals surface area contributed by atoms with Crippen LogP contribution in [0.2, 0.25) is 0 Å². The third kappa shape index (κ3) is 5.22. The SMILES string of the molecule is COCC(CNCC(C)C)N1CCC(N(C)C)C1. The Kier molecular flexibility index (Phi) is 7.15. The van der Waals surface area contributed by atoms with Crippen LogP contribution in [0, 0.1) is 5.92 Å². The van der Waals surface area contributed by atoms with Crippen molar-refractivity contribution in [2.45, 2.75) is 32.4 Å². The lowest BCUT2D eigenvalue weighted by Gasteiger charge is -2.28. The fourth-order valence-corrected chi connectivity index (χ4v) is 2.55. The molecule has 0 saturated carbocycles. The Bertz CT molecular complexity index is 221. The van der Waals surface area contributed by atoms with Gasteiger partial charge in [0.1, 0.15) is 0 Å². The highest BCUT2D eigenvalue weighted by Crippen LogP contribution is 2.16. The predicted octanol–water partition coefficient (Wildman–Crippen LogP) is 0.883. The van der Waals surface area contributed by atoms with E-state index in [1.54, 1.807) is 7.11 Å². The van der Waals surface area contributed by atoms with Crippen molar-refractivity contribution in [1.29, 1.82) is 0 Å². The normalized spacial score (nSPS) is 23.2. The number of hydrogen-bond donors (Lipinski definition) is 1. The van der Waals surface area contributed by atoms with Gasteiger partial charge in [-0.1, -0.05) is 13.8 Å². The second-order valence-electron chi connectivity index (χ2n) is 6.06. The zero-order valence-corrected chi connectivity index (χ0v) is 12.8. The molecule has 1 rings (SSSR count). The average molecular weight is 257 g/mol. The Labute approximate surface area is 113 Å². The van der Waals surface area contributed by atoms with Gasteiger partial charge in [-0.05, 0) is 33.0 Å². The van der Waals surface area contributed by atoms with Gasteiger partial charge in [-0.2, -0.15) is 0 Å². The third-order valence-electron chi connectivity index (χ3n) is 3.73. The molecule has 0 aromatic carbocycles. The molecule has 2 unspecified atom stereocenters. The summed E-state index contributed by atoms with van der Waals surface area (Å²) in [5.41, 5.74) is 0. The summed E-state index contributed by atoms with van der Waals surface area (Å²) in [6.45, 7) is 9.81. The summed E-state index contributed by atoms with van der Waals surface area (Å²) < 4.78 is 5.37. The van der Waals surface area contributed by atoms with Crippen molar-refractivity contribution in [3.63, 3.8) is 0 Å². The van der Waals surface area contributed by atoms with Crippen LogP contribution in [0.15, 0.2) is 0 Å². The number of ether oxygens (including phenoxy) is 1. The molecule has 2 atom stereocenters. The fourth-order valence-electron chi connectivity index (χ4n) is 2.55. The number of nitrogens with one attached hydrogen (secondary N) is 1. The van der Waals surface area contributed by atoms with Crippen molar-refractivity contribution >= 4 is 0 Å². The first kappa shape index (κ1) is 15.9. The summed E-state index contributed by atoms with van der Waals surface area (Å²) in [4.78, 5) is 4.91. The van der Waals surface area contributed by atoms with Crippen LogP contribution >= 0.6 is 0 Å². The molecule has 1 heterocycles. The molecule has 0 bridgehead atoms. The van der Waals surface area contributed by atoms with Crippen LogP contribution in [0.5, 0.6) is 0 Å². The van der Waals surface area contributed by atoms with Gasteiger partial charge in [0.2, 0.25) is 0 Å². The average Bonchev–Trinajstić information content (AvgIpc) is 2.76.